The van der Waals surface area contributed by atoms with Gasteiger partial charge < -0.3 is 18.9 Å². The quantitative estimate of drug-likeness (QED) is 0.616. The number of carbonyl (C=O) groups excluding carboxylic acids is 1. The van der Waals surface area contributed by atoms with E-state index in [-0.39, 0.29) is 18.0 Å². The summed E-state index contributed by atoms with van der Waals surface area (Å²) in [6.45, 7) is 0.532. The highest BCUT2D eigenvalue weighted by Crippen LogP contribution is 2.33. The molecule has 0 bridgehead atoms. The molecule has 0 spiro atoms. The van der Waals surface area contributed by atoms with Gasteiger partial charge in [0.25, 0.3) is 5.56 Å². The number of aryl methyl sites for hydroxylation is 1. The zero-order valence-electron chi connectivity index (χ0n) is 16.5. The van der Waals surface area contributed by atoms with Gasteiger partial charge in [-0.1, -0.05) is 0 Å². The lowest BCUT2D eigenvalue weighted by molar-refractivity contribution is -0.130. The molecule has 0 saturated heterocycles. The summed E-state index contributed by atoms with van der Waals surface area (Å²) in [5, 5.41) is 5.25. The fourth-order valence-corrected chi connectivity index (χ4v) is 3.10. The van der Waals surface area contributed by atoms with E-state index >= 15 is 0 Å². The van der Waals surface area contributed by atoms with E-state index in [1.807, 2.05) is 13.2 Å². The molecule has 3 aromatic rings. The Hall–Kier alpha value is -3.29. The van der Waals surface area contributed by atoms with Crippen LogP contribution < -0.4 is 15.0 Å². The Labute approximate surface area is 162 Å². The van der Waals surface area contributed by atoms with Crippen molar-refractivity contribution in [3.63, 3.8) is 0 Å². The number of aromatic nitrogens is 3. The Bertz CT molecular complexity index is 1050. The number of pyridine rings is 1. The molecule has 3 rings (SSSR count). The fourth-order valence-electron chi connectivity index (χ4n) is 3.10. The van der Waals surface area contributed by atoms with Crippen molar-refractivity contribution in [3.05, 3.63) is 52.7 Å². The Balaban J connectivity index is 1.77. The van der Waals surface area contributed by atoms with E-state index in [4.69, 9.17) is 9.47 Å². The number of likely N-dealkylation sites (N-methyl/N-ethyl adjacent to an activating group) is 1. The van der Waals surface area contributed by atoms with Crippen molar-refractivity contribution < 1.29 is 14.3 Å². The lowest BCUT2D eigenvalue weighted by Gasteiger charge is -2.18. The highest BCUT2D eigenvalue weighted by Gasteiger charge is 2.15. The molecular formula is C20H24N4O4. The molecule has 8 heteroatoms. The standard InChI is InChI=1S/C20H24N4O4/c1-22(9-7-14-11-21-23(2)12-14)18(25)13-24-10-8-15-16(20(24)26)5-6-17(27-3)19(15)28-4/h5-6,8,10-12H,7,9,13H2,1-4H3. The first kappa shape index (κ1) is 19.5. The predicted molar refractivity (Wildman–Crippen MR) is 106 cm³/mol. The minimum atomic E-state index is -0.243. The number of carbonyl (C=O) groups is 1. The van der Waals surface area contributed by atoms with Crippen LogP contribution in [0, 0.1) is 0 Å². The van der Waals surface area contributed by atoms with Crippen LogP contribution in [0.5, 0.6) is 11.5 Å². The summed E-state index contributed by atoms with van der Waals surface area (Å²) >= 11 is 0. The molecule has 0 atom stereocenters. The summed E-state index contributed by atoms with van der Waals surface area (Å²) in [6, 6.07) is 5.14. The molecular weight excluding hydrogens is 360 g/mol. The van der Waals surface area contributed by atoms with Gasteiger partial charge in [-0.05, 0) is 30.2 Å². The van der Waals surface area contributed by atoms with Crippen LogP contribution in [0.3, 0.4) is 0 Å². The highest BCUT2D eigenvalue weighted by atomic mass is 16.5. The maximum absolute atomic E-state index is 12.8. The van der Waals surface area contributed by atoms with E-state index in [0.29, 0.717) is 35.2 Å². The molecule has 0 aliphatic carbocycles. The summed E-state index contributed by atoms with van der Waals surface area (Å²) in [4.78, 5) is 27.0. The van der Waals surface area contributed by atoms with Gasteiger partial charge >= 0.3 is 0 Å². The van der Waals surface area contributed by atoms with Gasteiger partial charge in [-0.2, -0.15) is 5.10 Å². The van der Waals surface area contributed by atoms with Gasteiger partial charge in [0, 0.05) is 38.4 Å². The van der Waals surface area contributed by atoms with Crippen LogP contribution in [0.4, 0.5) is 0 Å². The van der Waals surface area contributed by atoms with Crippen molar-refractivity contribution in [2.45, 2.75) is 13.0 Å². The monoisotopic (exact) mass is 384 g/mol. The number of amides is 1. The maximum Gasteiger partial charge on any atom is 0.259 e. The van der Waals surface area contributed by atoms with Crippen molar-refractivity contribution in [1.29, 1.82) is 0 Å². The van der Waals surface area contributed by atoms with Gasteiger partial charge in [-0.15, -0.1) is 0 Å². The average molecular weight is 384 g/mol. The van der Waals surface area contributed by atoms with E-state index in [0.717, 1.165) is 5.56 Å². The molecule has 0 aliphatic rings. The first-order valence-corrected chi connectivity index (χ1v) is 8.90. The molecule has 0 N–H and O–H groups in total. The third kappa shape index (κ3) is 3.85. The van der Waals surface area contributed by atoms with E-state index in [1.165, 1.54) is 11.7 Å². The third-order valence-corrected chi connectivity index (χ3v) is 4.72. The number of fused-ring (bicyclic) bond motifs is 1. The number of rotatable bonds is 7. The van der Waals surface area contributed by atoms with Crippen LogP contribution in [0.15, 0.2) is 41.6 Å². The molecule has 1 aromatic carbocycles. The van der Waals surface area contributed by atoms with Crippen molar-refractivity contribution in [2.24, 2.45) is 7.05 Å². The van der Waals surface area contributed by atoms with E-state index in [2.05, 4.69) is 5.10 Å². The van der Waals surface area contributed by atoms with Gasteiger partial charge in [0.1, 0.15) is 6.54 Å². The van der Waals surface area contributed by atoms with E-state index in [1.54, 1.807) is 54.3 Å². The second-order valence-electron chi connectivity index (χ2n) is 6.60. The normalized spacial score (nSPS) is 10.9. The SMILES string of the molecule is COc1ccc2c(=O)n(CC(=O)N(C)CCc3cnn(C)c3)ccc2c1OC. The summed E-state index contributed by atoms with van der Waals surface area (Å²) in [6.07, 6.45) is 6.03. The molecule has 0 radical (unpaired) electrons. The second kappa shape index (κ2) is 8.16. The molecule has 0 unspecified atom stereocenters. The van der Waals surface area contributed by atoms with Crippen molar-refractivity contribution in [2.75, 3.05) is 27.8 Å². The van der Waals surface area contributed by atoms with Crippen LogP contribution in [0.25, 0.3) is 10.8 Å². The lowest BCUT2D eigenvalue weighted by atomic mass is 10.1. The van der Waals surface area contributed by atoms with Gasteiger partial charge in [0.2, 0.25) is 5.91 Å². The fraction of sp³-hybridized carbons (Fsp3) is 0.350. The number of benzene rings is 1. The largest absolute Gasteiger partial charge is 0.493 e. The zero-order valence-corrected chi connectivity index (χ0v) is 16.5. The van der Waals surface area contributed by atoms with Crippen molar-refractivity contribution in [1.82, 2.24) is 19.2 Å². The van der Waals surface area contributed by atoms with Crippen molar-refractivity contribution >= 4 is 16.7 Å². The molecule has 0 fully saturated rings. The first-order chi connectivity index (χ1) is 13.4. The molecule has 28 heavy (non-hydrogen) atoms. The molecule has 1 amide bonds. The molecule has 2 heterocycles. The van der Waals surface area contributed by atoms with Crippen LogP contribution in [0.2, 0.25) is 0 Å². The number of hydrogen-bond acceptors (Lipinski definition) is 5. The second-order valence-corrected chi connectivity index (χ2v) is 6.60. The highest BCUT2D eigenvalue weighted by molar-refractivity contribution is 5.90. The molecule has 2 aromatic heterocycles. The number of methoxy groups -OCH3 is 2. The van der Waals surface area contributed by atoms with Crippen LogP contribution in [0.1, 0.15) is 5.56 Å². The van der Waals surface area contributed by atoms with Gasteiger partial charge in [0.15, 0.2) is 11.5 Å². The van der Waals surface area contributed by atoms with Crippen LogP contribution in [-0.2, 0) is 24.8 Å². The Morgan fingerprint density at radius 2 is 1.96 bits per heavy atom. The molecule has 148 valence electrons. The summed E-state index contributed by atoms with van der Waals surface area (Å²) in [5.41, 5.74) is 0.818. The van der Waals surface area contributed by atoms with Gasteiger partial charge in [0.05, 0.1) is 25.8 Å². The molecule has 8 nitrogen and oxygen atoms in total. The molecule has 0 aliphatic heterocycles. The number of hydrogen-bond donors (Lipinski definition) is 0. The predicted octanol–water partition coefficient (Wildman–Crippen LogP) is 1.45. The van der Waals surface area contributed by atoms with E-state index in [9.17, 15) is 9.59 Å². The average Bonchev–Trinajstić information content (AvgIpc) is 3.12. The van der Waals surface area contributed by atoms with Gasteiger partial charge in [-0.3, -0.25) is 14.3 Å². The number of nitrogens with zero attached hydrogens (tertiary/aromatic N) is 4. The van der Waals surface area contributed by atoms with Crippen LogP contribution in [-0.4, -0.2) is 53.0 Å². The van der Waals surface area contributed by atoms with E-state index < -0.39 is 0 Å². The molecule has 0 saturated carbocycles. The van der Waals surface area contributed by atoms with Crippen LogP contribution >= 0.6 is 0 Å². The first-order valence-electron chi connectivity index (χ1n) is 8.90. The Morgan fingerprint density at radius 1 is 1.18 bits per heavy atom. The minimum absolute atomic E-state index is 0.0212. The zero-order chi connectivity index (χ0) is 20.3. The minimum Gasteiger partial charge on any atom is -0.493 e. The lowest BCUT2D eigenvalue weighted by Crippen LogP contribution is -2.35. The van der Waals surface area contributed by atoms with Gasteiger partial charge in [-0.25, -0.2) is 0 Å². The topological polar surface area (TPSA) is 78.6 Å². The summed E-state index contributed by atoms with van der Waals surface area (Å²) in [5.74, 6) is 0.924. The Morgan fingerprint density at radius 3 is 2.61 bits per heavy atom. The van der Waals surface area contributed by atoms with Crippen molar-refractivity contribution in [3.8, 4) is 11.5 Å². The Kier molecular flexibility index (Phi) is 5.67. The summed E-state index contributed by atoms with van der Waals surface area (Å²) in [7, 11) is 6.67. The summed E-state index contributed by atoms with van der Waals surface area (Å²) < 4.78 is 13.8. The smallest absolute Gasteiger partial charge is 0.259 e. The third-order valence-electron chi connectivity index (χ3n) is 4.72. The maximum atomic E-state index is 12.8. The number of ether oxygens (including phenoxy) is 2.